The van der Waals surface area contributed by atoms with E-state index in [1.165, 1.54) is 6.08 Å². The molecule has 0 saturated carbocycles. The summed E-state index contributed by atoms with van der Waals surface area (Å²) in [6.07, 6.45) is 1.38. The Morgan fingerprint density at radius 3 is 2.39 bits per heavy atom. The summed E-state index contributed by atoms with van der Waals surface area (Å²) in [5, 5.41) is 2.51. The zero-order valence-corrected chi connectivity index (χ0v) is 18.5. The number of benzene rings is 2. The number of amides is 4. The summed E-state index contributed by atoms with van der Waals surface area (Å²) >= 11 is 6.34. The van der Waals surface area contributed by atoms with Crippen molar-refractivity contribution in [2.45, 2.75) is 27.7 Å². The number of hydrogen-bond donors (Lipinski definition) is 1. The van der Waals surface area contributed by atoms with Gasteiger partial charge in [-0.2, -0.15) is 0 Å². The molecule has 0 spiro atoms. The Balaban J connectivity index is 2.06. The fraction of sp³-hybridized carbons (Fsp3) is 0.261. The Morgan fingerprint density at radius 2 is 1.74 bits per heavy atom. The number of rotatable bonds is 6. The predicted molar refractivity (Wildman–Crippen MR) is 119 cm³/mol. The number of imide groups is 2. The number of nitrogens with zero attached hydrogens (tertiary/aromatic N) is 1. The highest BCUT2D eigenvalue weighted by Gasteiger charge is 2.37. The first-order valence-electron chi connectivity index (χ1n) is 9.84. The second-order valence-corrected chi connectivity index (χ2v) is 7.35. The maximum absolute atomic E-state index is 13.1. The van der Waals surface area contributed by atoms with Gasteiger partial charge in [-0.25, -0.2) is 9.69 Å². The van der Waals surface area contributed by atoms with Crippen LogP contribution < -0.4 is 19.7 Å². The zero-order chi connectivity index (χ0) is 22.7. The molecule has 7 nitrogen and oxygen atoms in total. The minimum absolute atomic E-state index is 0.192. The van der Waals surface area contributed by atoms with Crippen molar-refractivity contribution in [1.82, 2.24) is 5.32 Å². The Labute approximate surface area is 185 Å². The molecular formula is C23H23ClN2O5. The van der Waals surface area contributed by atoms with Gasteiger partial charge >= 0.3 is 6.03 Å². The summed E-state index contributed by atoms with van der Waals surface area (Å²) in [6.45, 7) is 8.13. The summed E-state index contributed by atoms with van der Waals surface area (Å²) in [6, 6.07) is 7.74. The van der Waals surface area contributed by atoms with Crippen LogP contribution in [-0.4, -0.2) is 31.1 Å². The van der Waals surface area contributed by atoms with Crippen LogP contribution in [0.15, 0.2) is 35.9 Å². The van der Waals surface area contributed by atoms with Gasteiger partial charge in [-0.1, -0.05) is 29.3 Å². The third kappa shape index (κ3) is 4.56. The lowest BCUT2D eigenvalue weighted by Crippen LogP contribution is -2.54. The zero-order valence-electron chi connectivity index (χ0n) is 17.7. The van der Waals surface area contributed by atoms with Crippen LogP contribution in [0.5, 0.6) is 11.5 Å². The van der Waals surface area contributed by atoms with Crippen LogP contribution in [0.25, 0.3) is 6.08 Å². The van der Waals surface area contributed by atoms with Crippen LogP contribution >= 0.6 is 11.6 Å². The Kier molecular flexibility index (Phi) is 6.65. The molecule has 31 heavy (non-hydrogen) atoms. The molecule has 1 aliphatic rings. The molecule has 4 amide bonds. The van der Waals surface area contributed by atoms with Crippen molar-refractivity contribution in [3.63, 3.8) is 0 Å². The third-order valence-corrected chi connectivity index (χ3v) is 4.91. The summed E-state index contributed by atoms with van der Waals surface area (Å²) in [5.74, 6) is -0.711. The Morgan fingerprint density at radius 1 is 1.03 bits per heavy atom. The maximum Gasteiger partial charge on any atom is 0.335 e. The molecule has 162 valence electrons. The van der Waals surface area contributed by atoms with Crippen LogP contribution in [0, 0.1) is 13.8 Å². The van der Waals surface area contributed by atoms with E-state index in [0.717, 1.165) is 16.0 Å². The van der Waals surface area contributed by atoms with Gasteiger partial charge in [0.2, 0.25) is 0 Å². The van der Waals surface area contributed by atoms with Crippen LogP contribution in [0.3, 0.4) is 0 Å². The van der Waals surface area contributed by atoms with Gasteiger partial charge in [-0.3, -0.25) is 14.9 Å². The van der Waals surface area contributed by atoms with E-state index in [9.17, 15) is 14.4 Å². The smallest absolute Gasteiger partial charge is 0.335 e. The van der Waals surface area contributed by atoms with Gasteiger partial charge in [0.15, 0.2) is 11.5 Å². The van der Waals surface area contributed by atoms with E-state index < -0.39 is 17.8 Å². The molecular weight excluding hydrogens is 420 g/mol. The van der Waals surface area contributed by atoms with Crippen molar-refractivity contribution in [1.29, 1.82) is 0 Å². The van der Waals surface area contributed by atoms with E-state index in [0.29, 0.717) is 36.0 Å². The number of aryl methyl sites for hydroxylation is 2. The standard InChI is InChI=1S/C23H23ClN2O5/c1-5-30-19-12-15(11-17(24)20(19)31-6-2)10-16-21(27)25-23(29)26(22(16)28)18-8-7-13(3)9-14(18)4/h7-12H,5-6H2,1-4H3,(H,25,27,29)/b16-10+. The molecule has 0 unspecified atom stereocenters. The van der Waals surface area contributed by atoms with Crippen molar-refractivity contribution in [3.05, 3.63) is 57.6 Å². The SMILES string of the molecule is CCOc1cc(/C=C2\C(=O)NC(=O)N(c3ccc(C)cc3C)C2=O)cc(Cl)c1OCC. The molecule has 1 aliphatic heterocycles. The number of urea groups is 1. The lowest BCUT2D eigenvalue weighted by Gasteiger charge is -2.27. The lowest BCUT2D eigenvalue weighted by molar-refractivity contribution is -0.122. The van der Waals surface area contributed by atoms with Crippen LogP contribution in [-0.2, 0) is 9.59 Å². The van der Waals surface area contributed by atoms with E-state index in [1.54, 1.807) is 31.2 Å². The number of anilines is 1. The highest BCUT2D eigenvalue weighted by molar-refractivity contribution is 6.39. The molecule has 0 aromatic heterocycles. The Bertz CT molecular complexity index is 1090. The molecule has 8 heteroatoms. The lowest BCUT2D eigenvalue weighted by atomic mass is 10.0. The Hall–Kier alpha value is -3.32. The van der Waals surface area contributed by atoms with Crippen LogP contribution in [0.4, 0.5) is 10.5 Å². The minimum Gasteiger partial charge on any atom is -0.490 e. The molecule has 3 rings (SSSR count). The summed E-state index contributed by atoms with van der Waals surface area (Å²) < 4.78 is 11.1. The van der Waals surface area contributed by atoms with E-state index in [-0.39, 0.29) is 10.6 Å². The largest absolute Gasteiger partial charge is 0.490 e. The summed E-state index contributed by atoms with van der Waals surface area (Å²) in [5.41, 5.74) is 2.41. The van der Waals surface area contributed by atoms with Gasteiger partial charge in [-0.15, -0.1) is 0 Å². The van der Waals surface area contributed by atoms with Crippen LogP contribution in [0.1, 0.15) is 30.5 Å². The van der Waals surface area contributed by atoms with Gasteiger partial charge < -0.3 is 9.47 Å². The first-order chi connectivity index (χ1) is 14.8. The summed E-state index contributed by atoms with van der Waals surface area (Å²) in [7, 11) is 0. The van der Waals surface area contributed by atoms with E-state index in [4.69, 9.17) is 21.1 Å². The molecule has 2 aromatic rings. The molecule has 1 N–H and O–H groups in total. The number of halogens is 1. The van der Waals surface area contributed by atoms with E-state index in [1.807, 2.05) is 26.8 Å². The van der Waals surface area contributed by atoms with E-state index >= 15 is 0 Å². The van der Waals surface area contributed by atoms with Crippen LogP contribution in [0.2, 0.25) is 5.02 Å². The normalized spacial score (nSPS) is 15.3. The molecule has 1 fully saturated rings. The van der Waals surface area contributed by atoms with E-state index in [2.05, 4.69) is 5.32 Å². The topological polar surface area (TPSA) is 84.9 Å². The highest BCUT2D eigenvalue weighted by Crippen LogP contribution is 2.37. The minimum atomic E-state index is -0.793. The molecule has 2 aromatic carbocycles. The summed E-state index contributed by atoms with van der Waals surface area (Å²) in [4.78, 5) is 39.0. The highest BCUT2D eigenvalue weighted by atomic mass is 35.5. The van der Waals surface area contributed by atoms with Gasteiger partial charge in [0.1, 0.15) is 5.57 Å². The number of hydrogen-bond acceptors (Lipinski definition) is 5. The van der Waals surface area contributed by atoms with Crippen molar-refractivity contribution >= 4 is 41.2 Å². The van der Waals surface area contributed by atoms with Gasteiger partial charge in [0.05, 0.1) is 23.9 Å². The second kappa shape index (κ2) is 9.22. The molecule has 0 bridgehead atoms. The third-order valence-electron chi connectivity index (χ3n) is 4.63. The second-order valence-electron chi connectivity index (χ2n) is 6.94. The predicted octanol–water partition coefficient (Wildman–Crippen LogP) is 4.42. The van der Waals surface area contributed by atoms with Crippen molar-refractivity contribution in [3.8, 4) is 11.5 Å². The van der Waals surface area contributed by atoms with Gasteiger partial charge in [-0.05, 0) is 63.1 Å². The number of carbonyl (C=O) groups excluding carboxylic acids is 3. The first kappa shape index (κ1) is 22.4. The average molecular weight is 443 g/mol. The van der Waals surface area contributed by atoms with Crippen molar-refractivity contribution < 1.29 is 23.9 Å². The average Bonchev–Trinajstić information content (AvgIpc) is 2.69. The first-order valence-corrected chi connectivity index (χ1v) is 10.2. The monoisotopic (exact) mass is 442 g/mol. The fourth-order valence-electron chi connectivity index (χ4n) is 3.32. The number of carbonyl (C=O) groups is 3. The molecule has 0 radical (unpaired) electrons. The molecule has 0 aliphatic carbocycles. The molecule has 0 atom stereocenters. The number of ether oxygens (including phenoxy) is 2. The van der Waals surface area contributed by atoms with Crippen molar-refractivity contribution in [2.24, 2.45) is 0 Å². The van der Waals surface area contributed by atoms with Gasteiger partial charge in [0.25, 0.3) is 11.8 Å². The number of nitrogens with one attached hydrogen (secondary N) is 1. The van der Waals surface area contributed by atoms with Crippen molar-refractivity contribution in [2.75, 3.05) is 18.1 Å². The maximum atomic E-state index is 13.1. The number of barbiturate groups is 1. The molecule has 1 saturated heterocycles. The fourth-order valence-corrected chi connectivity index (χ4v) is 3.59. The quantitative estimate of drug-likeness (QED) is 0.528. The molecule has 1 heterocycles. The van der Waals surface area contributed by atoms with Gasteiger partial charge in [0, 0.05) is 0 Å².